The van der Waals surface area contributed by atoms with E-state index in [1.807, 2.05) is 0 Å². The van der Waals surface area contributed by atoms with E-state index in [-0.39, 0.29) is 11.9 Å². The van der Waals surface area contributed by atoms with Gasteiger partial charge in [-0.1, -0.05) is 13.2 Å². The molecule has 0 aromatic heterocycles. The van der Waals surface area contributed by atoms with Gasteiger partial charge in [0.05, 0.1) is 0 Å². The molecule has 0 aromatic rings. The number of carbonyl (C=O) groups is 2. The second-order valence-electron chi connectivity index (χ2n) is 3.44. The van der Waals surface area contributed by atoms with Gasteiger partial charge in [-0.25, -0.2) is 9.59 Å². The van der Waals surface area contributed by atoms with Gasteiger partial charge in [0.1, 0.15) is 13.2 Å². The summed E-state index contributed by atoms with van der Waals surface area (Å²) < 4.78 is 9.78. The highest BCUT2D eigenvalue weighted by Gasteiger charge is 2.03. The van der Waals surface area contributed by atoms with Gasteiger partial charge in [-0.2, -0.15) is 11.8 Å². The topological polar surface area (TPSA) is 52.6 Å². The minimum absolute atomic E-state index is 0.338. The van der Waals surface area contributed by atoms with Crippen molar-refractivity contribution in [2.24, 2.45) is 0 Å². The first-order valence-corrected chi connectivity index (χ1v) is 6.33. The molecule has 0 N–H and O–H groups in total. The normalized spacial score (nSPS) is 9.53. The molecule has 96 valence electrons. The van der Waals surface area contributed by atoms with E-state index in [0.717, 1.165) is 0 Å². The molecule has 0 bridgehead atoms. The fourth-order valence-corrected chi connectivity index (χ4v) is 1.34. The molecular weight excluding hydrogens is 240 g/mol. The van der Waals surface area contributed by atoms with Crippen LogP contribution in [0.3, 0.4) is 0 Å². The van der Waals surface area contributed by atoms with Crippen molar-refractivity contribution in [3.05, 3.63) is 24.3 Å². The molecule has 0 amide bonds. The van der Waals surface area contributed by atoms with E-state index in [2.05, 4.69) is 13.2 Å². The molecule has 17 heavy (non-hydrogen) atoms. The van der Waals surface area contributed by atoms with Crippen LogP contribution in [-0.2, 0) is 19.1 Å². The zero-order valence-electron chi connectivity index (χ0n) is 10.3. The minimum atomic E-state index is -0.376. The summed E-state index contributed by atoms with van der Waals surface area (Å²) in [7, 11) is 0. The monoisotopic (exact) mass is 258 g/mol. The smallest absolute Gasteiger partial charge is 0.333 e. The molecular formula is C12H18O4S. The maximum Gasteiger partial charge on any atom is 0.333 e. The summed E-state index contributed by atoms with van der Waals surface area (Å²) in [6.07, 6.45) is 0. The fraction of sp³-hybridized carbons (Fsp3) is 0.500. The molecule has 0 fully saturated rings. The average Bonchev–Trinajstić information content (AvgIpc) is 2.26. The van der Waals surface area contributed by atoms with Crippen molar-refractivity contribution in [2.75, 3.05) is 24.7 Å². The number of ether oxygens (including phenoxy) is 2. The molecule has 0 aliphatic heterocycles. The van der Waals surface area contributed by atoms with Crippen molar-refractivity contribution in [3.8, 4) is 0 Å². The number of rotatable bonds is 8. The van der Waals surface area contributed by atoms with Crippen molar-refractivity contribution in [1.82, 2.24) is 0 Å². The van der Waals surface area contributed by atoms with Gasteiger partial charge in [-0.3, -0.25) is 0 Å². The highest BCUT2D eigenvalue weighted by Crippen LogP contribution is 2.02. The van der Waals surface area contributed by atoms with Gasteiger partial charge in [0.25, 0.3) is 0 Å². The Kier molecular flexibility index (Phi) is 8.23. The van der Waals surface area contributed by atoms with Crippen molar-refractivity contribution in [3.63, 3.8) is 0 Å². The zero-order chi connectivity index (χ0) is 13.3. The van der Waals surface area contributed by atoms with Gasteiger partial charge in [0.15, 0.2) is 0 Å². The van der Waals surface area contributed by atoms with Crippen LogP contribution in [0.1, 0.15) is 13.8 Å². The second-order valence-corrected chi connectivity index (χ2v) is 4.67. The molecule has 0 aromatic carbocycles. The molecule has 5 heteroatoms. The van der Waals surface area contributed by atoms with Crippen LogP contribution in [0.4, 0.5) is 0 Å². The summed E-state index contributed by atoms with van der Waals surface area (Å²) in [6, 6.07) is 0. The van der Waals surface area contributed by atoms with Crippen molar-refractivity contribution in [2.45, 2.75) is 13.8 Å². The largest absolute Gasteiger partial charge is 0.461 e. The second kappa shape index (κ2) is 8.87. The Bertz CT molecular complexity index is 280. The zero-order valence-corrected chi connectivity index (χ0v) is 11.1. The van der Waals surface area contributed by atoms with Gasteiger partial charge >= 0.3 is 11.9 Å². The van der Waals surface area contributed by atoms with Crippen LogP contribution in [0.2, 0.25) is 0 Å². The van der Waals surface area contributed by atoms with Gasteiger partial charge in [0.2, 0.25) is 0 Å². The first kappa shape index (κ1) is 15.8. The molecule has 0 atom stereocenters. The lowest BCUT2D eigenvalue weighted by Crippen LogP contribution is -2.10. The lowest BCUT2D eigenvalue weighted by atomic mass is 10.4. The summed E-state index contributed by atoms with van der Waals surface area (Å²) in [6.45, 7) is 10.8. The predicted octanol–water partition coefficient (Wildman–Crippen LogP) is 1.96. The van der Waals surface area contributed by atoms with Crippen LogP contribution in [0.15, 0.2) is 24.3 Å². The van der Waals surface area contributed by atoms with Crippen LogP contribution >= 0.6 is 11.8 Å². The van der Waals surface area contributed by atoms with Gasteiger partial charge in [-0.15, -0.1) is 0 Å². The first-order chi connectivity index (χ1) is 7.95. The Balaban J connectivity index is 3.36. The minimum Gasteiger partial charge on any atom is -0.461 e. The van der Waals surface area contributed by atoms with Crippen LogP contribution in [0.25, 0.3) is 0 Å². The fourth-order valence-electron chi connectivity index (χ4n) is 0.735. The number of hydrogen-bond acceptors (Lipinski definition) is 5. The van der Waals surface area contributed by atoms with Gasteiger partial charge in [-0.05, 0) is 13.8 Å². The van der Waals surface area contributed by atoms with E-state index in [0.29, 0.717) is 35.9 Å². The molecule has 0 saturated carbocycles. The van der Waals surface area contributed by atoms with E-state index >= 15 is 0 Å². The third-order valence-electron chi connectivity index (χ3n) is 1.62. The first-order valence-electron chi connectivity index (χ1n) is 5.18. The summed E-state index contributed by atoms with van der Waals surface area (Å²) in [4.78, 5) is 22.0. The van der Waals surface area contributed by atoms with Gasteiger partial charge in [0, 0.05) is 22.7 Å². The molecule has 0 spiro atoms. The summed E-state index contributed by atoms with van der Waals surface area (Å²) >= 11 is 1.55. The highest BCUT2D eigenvalue weighted by molar-refractivity contribution is 7.99. The molecule has 4 nitrogen and oxygen atoms in total. The van der Waals surface area contributed by atoms with Crippen LogP contribution in [-0.4, -0.2) is 36.7 Å². The Labute approximate surface area is 106 Å². The molecule has 0 unspecified atom stereocenters. The third-order valence-corrected chi connectivity index (χ3v) is 2.53. The van der Waals surface area contributed by atoms with E-state index in [1.54, 1.807) is 25.6 Å². The van der Waals surface area contributed by atoms with E-state index < -0.39 is 0 Å². The Hall–Kier alpha value is -1.23. The highest BCUT2D eigenvalue weighted by atomic mass is 32.2. The van der Waals surface area contributed by atoms with Gasteiger partial charge < -0.3 is 9.47 Å². The van der Waals surface area contributed by atoms with E-state index in [4.69, 9.17) is 9.47 Å². The lowest BCUT2D eigenvalue weighted by molar-refractivity contribution is -0.139. The number of hydrogen-bond donors (Lipinski definition) is 0. The van der Waals surface area contributed by atoms with Crippen molar-refractivity contribution < 1.29 is 19.1 Å². The van der Waals surface area contributed by atoms with E-state index in [1.165, 1.54) is 0 Å². The number of thioether (sulfide) groups is 1. The SMILES string of the molecule is C=C(C)C(=O)OCCSCCOC(=O)C(=C)C. The summed E-state index contributed by atoms with van der Waals surface area (Å²) in [5.74, 6) is 0.589. The number of carbonyl (C=O) groups excluding carboxylic acids is 2. The third kappa shape index (κ3) is 8.56. The Morgan fingerprint density at radius 1 is 0.941 bits per heavy atom. The predicted molar refractivity (Wildman–Crippen MR) is 68.9 cm³/mol. The average molecular weight is 258 g/mol. The quantitative estimate of drug-likeness (QED) is 0.378. The van der Waals surface area contributed by atoms with Crippen LogP contribution < -0.4 is 0 Å². The molecule has 0 rings (SSSR count). The van der Waals surface area contributed by atoms with Crippen molar-refractivity contribution in [1.29, 1.82) is 0 Å². The van der Waals surface area contributed by atoms with Crippen LogP contribution in [0, 0.1) is 0 Å². The maximum atomic E-state index is 11.0. The molecule has 0 heterocycles. The van der Waals surface area contributed by atoms with Crippen molar-refractivity contribution >= 4 is 23.7 Å². The summed E-state index contributed by atoms with van der Waals surface area (Å²) in [5.41, 5.74) is 0.788. The molecule has 0 saturated heterocycles. The van der Waals surface area contributed by atoms with E-state index in [9.17, 15) is 9.59 Å². The number of esters is 2. The summed E-state index contributed by atoms with van der Waals surface area (Å²) in [5, 5.41) is 0. The van der Waals surface area contributed by atoms with Crippen LogP contribution in [0.5, 0.6) is 0 Å². The lowest BCUT2D eigenvalue weighted by Gasteiger charge is -2.05. The standard InChI is InChI=1S/C12H18O4S/c1-9(2)11(13)15-5-7-17-8-6-16-12(14)10(3)4/h1,3,5-8H2,2,4H3. The Morgan fingerprint density at radius 2 is 1.29 bits per heavy atom. The Morgan fingerprint density at radius 3 is 1.59 bits per heavy atom. The molecule has 0 radical (unpaired) electrons. The maximum absolute atomic E-state index is 11.0. The molecule has 0 aliphatic carbocycles. The molecule has 0 aliphatic rings.